The number of β-amino-alcohol motifs (C(OH)–C–C–N with tert-alkyl or cyclic N) is 1. The summed E-state index contributed by atoms with van der Waals surface area (Å²) >= 11 is 0. The molecule has 0 bridgehead atoms. The molecule has 7 heteroatoms. The molecule has 1 aliphatic rings. The van der Waals surface area contributed by atoms with Crippen molar-refractivity contribution in [2.24, 2.45) is 5.92 Å². The van der Waals surface area contributed by atoms with Crippen LogP contribution in [0.1, 0.15) is 18.3 Å². The fourth-order valence-electron chi connectivity index (χ4n) is 4.20. The molecule has 4 aromatic rings. The van der Waals surface area contributed by atoms with Crippen molar-refractivity contribution in [3.63, 3.8) is 0 Å². The molecule has 1 saturated heterocycles. The van der Waals surface area contributed by atoms with Crippen LogP contribution in [0.3, 0.4) is 0 Å². The maximum atomic E-state index is 9.99. The van der Waals surface area contributed by atoms with Crippen LogP contribution in [0.25, 0.3) is 33.3 Å². The lowest BCUT2D eigenvalue weighted by Crippen LogP contribution is -2.21. The van der Waals surface area contributed by atoms with Gasteiger partial charge in [-0.1, -0.05) is 13.0 Å². The van der Waals surface area contributed by atoms with Crippen LogP contribution in [0.2, 0.25) is 0 Å². The molecular formula is C21H24N6O. The summed E-state index contributed by atoms with van der Waals surface area (Å²) in [5, 5.41) is 11.1. The molecule has 5 N–H and O–H groups in total. The average molecular weight is 376 g/mol. The first-order chi connectivity index (χ1) is 13.5. The van der Waals surface area contributed by atoms with Gasteiger partial charge in [-0.15, -0.1) is 0 Å². The van der Waals surface area contributed by atoms with Crippen molar-refractivity contribution in [3.8, 4) is 11.3 Å². The molecular weight excluding hydrogens is 352 g/mol. The minimum absolute atomic E-state index is 0.222. The Bertz CT molecular complexity index is 1170. The molecule has 5 rings (SSSR count). The number of aliphatic hydroxyl groups excluding tert-OH is 1. The number of nitrogens with zero attached hydrogens (tertiary/aromatic N) is 3. The number of pyridine rings is 1. The fraction of sp³-hybridized carbons (Fsp3) is 0.333. The molecule has 7 nitrogen and oxygen atoms in total. The summed E-state index contributed by atoms with van der Waals surface area (Å²) in [6, 6.07) is 10.5. The smallest absolute Gasteiger partial charge is 0.180 e. The number of hydrogen-bond acceptors (Lipinski definition) is 5. The molecule has 3 aromatic heterocycles. The summed E-state index contributed by atoms with van der Waals surface area (Å²) in [5.41, 5.74) is 11.8. The lowest BCUT2D eigenvalue weighted by Gasteiger charge is -2.15. The number of benzene rings is 1. The van der Waals surface area contributed by atoms with Gasteiger partial charge in [0, 0.05) is 41.8 Å². The number of likely N-dealkylation sites (tertiary alicyclic amines) is 1. The zero-order chi connectivity index (χ0) is 19.4. The van der Waals surface area contributed by atoms with Crippen molar-refractivity contribution >= 4 is 27.9 Å². The second-order valence-electron chi connectivity index (χ2n) is 7.96. The molecule has 0 aliphatic carbocycles. The Labute approximate surface area is 162 Å². The van der Waals surface area contributed by atoms with Crippen molar-refractivity contribution in [2.75, 3.05) is 18.8 Å². The normalized spacial score (nSPS) is 20.5. The van der Waals surface area contributed by atoms with Crippen molar-refractivity contribution < 1.29 is 5.11 Å². The molecule has 0 spiro atoms. The largest absolute Gasteiger partial charge is 0.391 e. The Kier molecular flexibility index (Phi) is 3.89. The van der Waals surface area contributed by atoms with Gasteiger partial charge in [-0.2, -0.15) is 0 Å². The third kappa shape index (κ3) is 2.93. The quantitative estimate of drug-likeness (QED) is 0.440. The molecule has 2 atom stereocenters. The van der Waals surface area contributed by atoms with Crippen LogP contribution in [0.15, 0.2) is 30.3 Å². The number of nitrogens with one attached hydrogen (secondary N) is 2. The number of nitrogen functional groups attached to an aromatic ring is 1. The number of fused-ring (bicyclic) bond motifs is 2. The average Bonchev–Trinajstić information content (AvgIpc) is 3.30. The van der Waals surface area contributed by atoms with Gasteiger partial charge in [-0.3, -0.25) is 4.90 Å². The van der Waals surface area contributed by atoms with E-state index in [0.29, 0.717) is 17.4 Å². The number of rotatable bonds is 3. The van der Waals surface area contributed by atoms with Crippen LogP contribution in [0.5, 0.6) is 0 Å². The fourth-order valence-corrected chi connectivity index (χ4v) is 4.20. The van der Waals surface area contributed by atoms with Crippen LogP contribution in [0, 0.1) is 12.8 Å². The number of aromatic amines is 2. The Balaban J connectivity index is 1.51. The summed E-state index contributed by atoms with van der Waals surface area (Å²) in [4.78, 5) is 17.8. The topological polar surface area (TPSA) is 107 Å². The third-order valence-corrected chi connectivity index (χ3v) is 5.63. The summed E-state index contributed by atoms with van der Waals surface area (Å²) in [5.74, 6) is 1.60. The highest BCUT2D eigenvalue weighted by Gasteiger charge is 2.27. The van der Waals surface area contributed by atoms with Gasteiger partial charge in [-0.05, 0) is 42.7 Å². The van der Waals surface area contributed by atoms with Gasteiger partial charge in [0.2, 0.25) is 0 Å². The van der Waals surface area contributed by atoms with E-state index < -0.39 is 0 Å². The minimum Gasteiger partial charge on any atom is -0.391 e. The number of imidazole rings is 1. The molecule has 1 fully saturated rings. The van der Waals surface area contributed by atoms with Gasteiger partial charge in [0.05, 0.1) is 11.6 Å². The number of aliphatic hydroxyl groups is 1. The van der Waals surface area contributed by atoms with Crippen LogP contribution < -0.4 is 5.73 Å². The first-order valence-electron chi connectivity index (χ1n) is 9.61. The first-order valence-corrected chi connectivity index (χ1v) is 9.61. The molecule has 0 amide bonds. The molecule has 1 aliphatic heterocycles. The monoisotopic (exact) mass is 376 g/mol. The molecule has 1 aromatic carbocycles. The van der Waals surface area contributed by atoms with Crippen LogP contribution in [-0.2, 0) is 6.54 Å². The number of aryl methyl sites for hydroxylation is 1. The highest BCUT2D eigenvalue weighted by molar-refractivity contribution is 5.95. The van der Waals surface area contributed by atoms with E-state index in [1.165, 1.54) is 5.56 Å². The minimum atomic E-state index is -0.222. The summed E-state index contributed by atoms with van der Waals surface area (Å²) < 4.78 is 0. The summed E-state index contributed by atoms with van der Waals surface area (Å²) in [7, 11) is 0. The second-order valence-corrected chi connectivity index (χ2v) is 7.96. The number of H-pyrrole nitrogens is 2. The van der Waals surface area contributed by atoms with E-state index in [1.807, 2.05) is 13.0 Å². The Morgan fingerprint density at radius 3 is 2.82 bits per heavy atom. The molecule has 4 heterocycles. The number of hydrogen-bond donors (Lipinski definition) is 4. The molecule has 144 valence electrons. The number of nitrogens with two attached hydrogens (primary N) is 1. The van der Waals surface area contributed by atoms with E-state index >= 15 is 0 Å². The number of anilines is 1. The summed E-state index contributed by atoms with van der Waals surface area (Å²) in [6.07, 6.45) is -0.222. The predicted molar refractivity (Wildman–Crippen MR) is 111 cm³/mol. The van der Waals surface area contributed by atoms with Gasteiger partial charge >= 0.3 is 0 Å². The molecule has 0 saturated carbocycles. The first kappa shape index (κ1) is 17.2. The van der Waals surface area contributed by atoms with E-state index in [1.54, 1.807) is 0 Å². The Hall–Kier alpha value is -2.90. The maximum absolute atomic E-state index is 9.99. The van der Waals surface area contributed by atoms with Crippen molar-refractivity contribution in [3.05, 3.63) is 41.7 Å². The van der Waals surface area contributed by atoms with Gasteiger partial charge in [0.15, 0.2) is 5.65 Å². The highest BCUT2D eigenvalue weighted by atomic mass is 16.3. The lowest BCUT2D eigenvalue weighted by atomic mass is 10.1. The van der Waals surface area contributed by atoms with Crippen molar-refractivity contribution in [2.45, 2.75) is 26.5 Å². The van der Waals surface area contributed by atoms with E-state index in [-0.39, 0.29) is 6.10 Å². The van der Waals surface area contributed by atoms with Crippen molar-refractivity contribution in [1.29, 1.82) is 0 Å². The van der Waals surface area contributed by atoms with Crippen LogP contribution in [0.4, 0.5) is 5.82 Å². The Morgan fingerprint density at radius 2 is 2.04 bits per heavy atom. The van der Waals surface area contributed by atoms with Gasteiger partial charge in [-0.25, -0.2) is 9.97 Å². The summed E-state index contributed by atoms with van der Waals surface area (Å²) in [6.45, 7) is 6.54. The van der Waals surface area contributed by atoms with E-state index in [4.69, 9.17) is 5.73 Å². The number of aromatic nitrogens is 4. The maximum Gasteiger partial charge on any atom is 0.180 e. The van der Waals surface area contributed by atoms with Gasteiger partial charge < -0.3 is 20.8 Å². The van der Waals surface area contributed by atoms with E-state index in [0.717, 1.165) is 53.1 Å². The van der Waals surface area contributed by atoms with Crippen molar-refractivity contribution in [1.82, 2.24) is 24.8 Å². The SMILES string of the molecule is Cc1nc2nc(N)cc(-c3cc4cc(CN5CC(C)C(O)C5)ccc4[nH]3)c2[nH]1. The third-order valence-electron chi connectivity index (χ3n) is 5.63. The zero-order valence-electron chi connectivity index (χ0n) is 16.0. The van der Waals surface area contributed by atoms with E-state index in [2.05, 4.69) is 56.0 Å². The van der Waals surface area contributed by atoms with Gasteiger partial charge in [0.25, 0.3) is 0 Å². The second kappa shape index (κ2) is 6.32. The standard InChI is InChI=1S/C21H24N6O/c1-11-8-27(10-18(11)28)9-13-3-4-16-14(5-13)6-17(25-16)15-7-19(22)26-21-20(15)23-12(2)24-21/h3-7,11,18,25,28H,8-10H2,1-2H3,(H3,22,23,24,26). The van der Waals surface area contributed by atoms with E-state index in [9.17, 15) is 5.11 Å². The predicted octanol–water partition coefficient (Wildman–Crippen LogP) is 2.81. The molecule has 2 unspecified atom stereocenters. The van der Waals surface area contributed by atoms with Crippen LogP contribution >= 0.6 is 0 Å². The zero-order valence-corrected chi connectivity index (χ0v) is 16.0. The highest BCUT2D eigenvalue weighted by Crippen LogP contribution is 2.31. The Morgan fingerprint density at radius 1 is 1.18 bits per heavy atom. The van der Waals surface area contributed by atoms with Crippen LogP contribution in [-0.4, -0.2) is 49.1 Å². The van der Waals surface area contributed by atoms with Gasteiger partial charge in [0.1, 0.15) is 11.6 Å². The molecule has 28 heavy (non-hydrogen) atoms. The lowest BCUT2D eigenvalue weighted by molar-refractivity contribution is 0.147. The molecule has 0 radical (unpaired) electrons.